The Bertz CT molecular complexity index is 293. The molecule has 1 aliphatic rings. The lowest BCUT2D eigenvalue weighted by Gasteiger charge is -2.20. The van der Waals surface area contributed by atoms with Crippen LogP contribution in [0.2, 0.25) is 0 Å². The van der Waals surface area contributed by atoms with Crippen LogP contribution >= 0.6 is 0 Å². The first-order chi connectivity index (χ1) is 8.52. The third-order valence-corrected chi connectivity index (χ3v) is 3.33. The molecule has 0 aromatic carbocycles. The first kappa shape index (κ1) is 15.0. The van der Waals surface area contributed by atoms with Gasteiger partial charge in [0.1, 0.15) is 0 Å². The van der Waals surface area contributed by atoms with Crippen molar-refractivity contribution in [2.24, 2.45) is 0 Å². The van der Waals surface area contributed by atoms with Crippen LogP contribution in [0.5, 0.6) is 0 Å². The number of carboxylic acids is 1. The summed E-state index contributed by atoms with van der Waals surface area (Å²) in [6, 6.07) is 0. The molecule has 0 aliphatic carbocycles. The van der Waals surface area contributed by atoms with Crippen molar-refractivity contribution in [3.05, 3.63) is 0 Å². The van der Waals surface area contributed by atoms with Crippen LogP contribution in [0, 0.1) is 0 Å². The lowest BCUT2D eigenvalue weighted by molar-refractivity contribution is -0.138. The normalized spacial score (nSPS) is 23.0. The summed E-state index contributed by atoms with van der Waals surface area (Å²) in [4.78, 5) is 24.0. The molecule has 18 heavy (non-hydrogen) atoms. The van der Waals surface area contributed by atoms with Gasteiger partial charge in [0, 0.05) is 19.5 Å². The SMILES string of the molecule is CCN(CCC(=O)O)C(=O)CC[C@H]1CC[C@H](C)O1. The van der Waals surface area contributed by atoms with E-state index in [2.05, 4.69) is 0 Å². The van der Waals surface area contributed by atoms with Crippen molar-refractivity contribution < 1.29 is 19.4 Å². The van der Waals surface area contributed by atoms with Crippen LogP contribution in [0.15, 0.2) is 0 Å². The van der Waals surface area contributed by atoms with Gasteiger partial charge in [-0.25, -0.2) is 0 Å². The van der Waals surface area contributed by atoms with Crippen molar-refractivity contribution >= 4 is 11.9 Å². The maximum absolute atomic E-state index is 11.9. The average molecular weight is 257 g/mol. The summed E-state index contributed by atoms with van der Waals surface area (Å²) in [5.41, 5.74) is 0. The van der Waals surface area contributed by atoms with Gasteiger partial charge in [-0.05, 0) is 33.1 Å². The molecule has 0 aromatic rings. The summed E-state index contributed by atoms with van der Waals surface area (Å²) in [6.07, 6.45) is 3.79. The molecule has 0 unspecified atom stereocenters. The fourth-order valence-corrected chi connectivity index (χ4v) is 2.23. The number of carboxylic acid groups (broad SMARTS) is 1. The van der Waals surface area contributed by atoms with Crippen LogP contribution in [0.3, 0.4) is 0 Å². The molecule has 1 N–H and O–H groups in total. The Morgan fingerprint density at radius 2 is 2.06 bits per heavy atom. The highest BCUT2D eigenvalue weighted by Crippen LogP contribution is 2.22. The summed E-state index contributed by atoms with van der Waals surface area (Å²) in [6.45, 7) is 4.78. The van der Waals surface area contributed by atoms with Crippen LogP contribution in [0.1, 0.15) is 46.0 Å². The van der Waals surface area contributed by atoms with Crippen LogP contribution < -0.4 is 0 Å². The molecule has 0 aromatic heterocycles. The summed E-state index contributed by atoms with van der Waals surface area (Å²) >= 11 is 0. The van der Waals surface area contributed by atoms with Gasteiger partial charge in [-0.2, -0.15) is 0 Å². The fourth-order valence-electron chi connectivity index (χ4n) is 2.23. The zero-order valence-electron chi connectivity index (χ0n) is 11.2. The van der Waals surface area contributed by atoms with Gasteiger partial charge in [-0.15, -0.1) is 0 Å². The number of hydrogen-bond acceptors (Lipinski definition) is 3. The van der Waals surface area contributed by atoms with E-state index < -0.39 is 5.97 Å². The number of nitrogens with zero attached hydrogens (tertiary/aromatic N) is 1. The zero-order chi connectivity index (χ0) is 13.5. The van der Waals surface area contributed by atoms with Crippen molar-refractivity contribution in [1.82, 2.24) is 4.90 Å². The Morgan fingerprint density at radius 3 is 2.56 bits per heavy atom. The number of rotatable bonds is 7. The summed E-state index contributed by atoms with van der Waals surface area (Å²) in [5, 5.41) is 8.61. The summed E-state index contributed by atoms with van der Waals surface area (Å²) < 4.78 is 5.66. The predicted octanol–water partition coefficient (Wildman–Crippen LogP) is 1.66. The third kappa shape index (κ3) is 5.04. The number of carbonyl (C=O) groups excluding carboxylic acids is 1. The number of aliphatic carboxylic acids is 1. The predicted molar refractivity (Wildman–Crippen MR) is 67.3 cm³/mol. The van der Waals surface area contributed by atoms with Crippen LogP contribution in [-0.4, -0.2) is 47.2 Å². The van der Waals surface area contributed by atoms with E-state index in [1.807, 2.05) is 13.8 Å². The van der Waals surface area contributed by atoms with E-state index in [-0.39, 0.29) is 18.4 Å². The van der Waals surface area contributed by atoms with E-state index in [1.54, 1.807) is 4.90 Å². The molecule has 5 heteroatoms. The van der Waals surface area contributed by atoms with Crippen LogP contribution in [0.25, 0.3) is 0 Å². The first-order valence-electron chi connectivity index (χ1n) is 6.68. The van der Waals surface area contributed by atoms with Crippen molar-refractivity contribution in [1.29, 1.82) is 0 Å². The van der Waals surface area contributed by atoms with Crippen molar-refractivity contribution in [2.45, 2.75) is 58.2 Å². The minimum atomic E-state index is -0.866. The molecule has 0 radical (unpaired) electrons. The molecule has 1 heterocycles. The van der Waals surface area contributed by atoms with Gasteiger partial charge < -0.3 is 14.7 Å². The van der Waals surface area contributed by atoms with Gasteiger partial charge in [0.25, 0.3) is 0 Å². The van der Waals surface area contributed by atoms with Gasteiger partial charge in [0.15, 0.2) is 0 Å². The summed E-state index contributed by atoms with van der Waals surface area (Å²) in [7, 11) is 0. The minimum absolute atomic E-state index is 0.0105. The molecule has 1 fully saturated rings. The van der Waals surface area contributed by atoms with Gasteiger partial charge >= 0.3 is 5.97 Å². The number of ether oxygens (including phenoxy) is 1. The topological polar surface area (TPSA) is 66.8 Å². The monoisotopic (exact) mass is 257 g/mol. The Kier molecular flexibility index (Phi) is 6.12. The molecule has 0 spiro atoms. The molecule has 0 bridgehead atoms. The van der Waals surface area contributed by atoms with E-state index >= 15 is 0 Å². The molecule has 1 saturated heterocycles. The molecule has 104 valence electrons. The third-order valence-electron chi connectivity index (χ3n) is 3.33. The van der Waals surface area contributed by atoms with Crippen molar-refractivity contribution in [2.75, 3.05) is 13.1 Å². The number of amides is 1. The van der Waals surface area contributed by atoms with Gasteiger partial charge in [-0.3, -0.25) is 9.59 Å². The first-order valence-corrected chi connectivity index (χ1v) is 6.68. The molecular formula is C13H23NO4. The molecule has 1 rings (SSSR count). The average Bonchev–Trinajstić information content (AvgIpc) is 2.73. The highest BCUT2D eigenvalue weighted by Gasteiger charge is 2.23. The van der Waals surface area contributed by atoms with Crippen molar-refractivity contribution in [3.63, 3.8) is 0 Å². The quantitative estimate of drug-likeness (QED) is 0.753. The van der Waals surface area contributed by atoms with E-state index in [9.17, 15) is 9.59 Å². The largest absolute Gasteiger partial charge is 0.481 e. The lowest BCUT2D eigenvalue weighted by atomic mass is 10.1. The lowest BCUT2D eigenvalue weighted by Crippen LogP contribution is -2.33. The molecule has 2 atom stereocenters. The highest BCUT2D eigenvalue weighted by molar-refractivity contribution is 5.77. The van der Waals surface area contributed by atoms with Gasteiger partial charge in [0.2, 0.25) is 5.91 Å². The second-order valence-corrected chi connectivity index (χ2v) is 4.80. The van der Waals surface area contributed by atoms with Crippen LogP contribution in [-0.2, 0) is 14.3 Å². The fraction of sp³-hybridized carbons (Fsp3) is 0.846. The maximum atomic E-state index is 11.9. The number of hydrogen-bond donors (Lipinski definition) is 1. The Morgan fingerprint density at radius 1 is 1.33 bits per heavy atom. The molecule has 5 nitrogen and oxygen atoms in total. The highest BCUT2D eigenvalue weighted by atomic mass is 16.5. The van der Waals surface area contributed by atoms with E-state index in [4.69, 9.17) is 9.84 Å². The van der Waals surface area contributed by atoms with Gasteiger partial charge in [0.05, 0.1) is 18.6 Å². The second kappa shape index (κ2) is 7.36. The van der Waals surface area contributed by atoms with Gasteiger partial charge in [-0.1, -0.05) is 0 Å². The number of carbonyl (C=O) groups is 2. The maximum Gasteiger partial charge on any atom is 0.305 e. The Hall–Kier alpha value is -1.10. The Balaban J connectivity index is 2.26. The van der Waals surface area contributed by atoms with Crippen LogP contribution in [0.4, 0.5) is 0 Å². The molecule has 0 saturated carbocycles. The Labute approximate surface area is 108 Å². The van der Waals surface area contributed by atoms with Crippen molar-refractivity contribution in [3.8, 4) is 0 Å². The minimum Gasteiger partial charge on any atom is -0.481 e. The summed E-state index contributed by atoms with van der Waals surface area (Å²) in [5.74, 6) is -0.837. The standard InChI is InChI=1S/C13H23NO4/c1-3-14(9-8-13(16)17)12(15)7-6-11-5-4-10(2)18-11/h10-11H,3-9H2,1-2H3,(H,16,17)/t10-,11+/m0/s1. The molecule has 1 aliphatic heterocycles. The molecule has 1 amide bonds. The van der Waals surface area contributed by atoms with E-state index in [0.29, 0.717) is 25.6 Å². The van der Waals surface area contributed by atoms with E-state index in [1.165, 1.54) is 0 Å². The molecular weight excluding hydrogens is 234 g/mol. The smallest absolute Gasteiger partial charge is 0.305 e. The zero-order valence-corrected chi connectivity index (χ0v) is 11.2. The van der Waals surface area contributed by atoms with E-state index in [0.717, 1.165) is 19.3 Å². The second-order valence-electron chi connectivity index (χ2n) is 4.80.